The van der Waals surface area contributed by atoms with Crippen LogP contribution in [0.5, 0.6) is 0 Å². The Morgan fingerprint density at radius 1 is 1.53 bits per heavy atom. The number of imidazole rings is 1. The minimum atomic E-state index is -3.90. The molecule has 0 aromatic carbocycles. The van der Waals surface area contributed by atoms with Crippen molar-refractivity contribution in [3.05, 3.63) is 28.6 Å². The van der Waals surface area contributed by atoms with Gasteiger partial charge in [-0.05, 0) is 0 Å². The molecule has 2 rings (SSSR count). The number of nitrogens with zero attached hydrogens (tertiary/aromatic N) is 2. The number of aromatic amines is 1. The Balaban J connectivity index is 2.38. The molecule has 0 bridgehead atoms. The molecule has 0 amide bonds. The number of aromatic nitrogens is 2. The quantitative estimate of drug-likeness (QED) is 0.562. The highest BCUT2D eigenvalue weighted by Gasteiger charge is 2.26. The van der Waals surface area contributed by atoms with Crippen molar-refractivity contribution in [1.29, 1.82) is 0 Å². The van der Waals surface area contributed by atoms with Gasteiger partial charge in [0.15, 0.2) is 5.00 Å². The molecule has 0 aliphatic heterocycles. The van der Waals surface area contributed by atoms with E-state index in [4.69, 9.17) is 0 Å². The van der Waals surface area contributed by atoms with E-state index in [1.54, 1.807) is 0 Å². The number of nitro groups is 1. The zero-order chi connectivity index (χ0) is 14.0. The Hall–Kier alpha value is -2.14. The van der Waals surface area contributed by atoms with Crippen molar-refractivity contribution in [2.24, 2.45) is 0 Å². The zero-order valence-electron chi connectivity index (χ0n) is 9.58. The number of thiophene rings is 1. The van der Waals surface area contributed by atoms with Crippen LogP contribution < -0.4 is 10.0 Å². The Morgan fingerprint density at radius 2 is 2.26 bits per heavy atom. The lowest BCUT2D eigenvalue weighted by Gasteiger charge is -2.01. The average Bonchev–Trinajstić information content (AvgIpc) is 2.95. The number of rotatable bonds is 5. The second-order valence-electron chi connectivity index (χ2n) is 3.33. The standard InChI is InChI=1S/C8H9N5O4S2/c1-9-7-5(13(14)15)4-6(18-7)19(16,17)12-8-10-2-3-11-8/h2-4,9H,1H3,(H2,10,11,12). The second kappa shape index (κ2) is 4.85. The van der Waals surface area contributed by atoms with Gasteiger partial charge in [-0.3, -0.25) is 10.1 Å². The van der Waals surface area contributed by atoms with Crippen molar-refractivity contribution < 1.29 is 13.3 Å². The minimum Gasteiger partial charge on any atom is -0.374 e. The molecule has 0 saturated heterocycles. The first-order valence-electron chi connectivity index (χ1n) is 4.92. The fourth-order valence-corrected chi connectivity index (χ4v) is 3.56. The van der Waals surface area contributed by atoms with Gasteiger partial charge in [-0.1, -0.05) is 11.3 Å². The fraction of sp³-hybridized carbons (Fsp3) is 0.125. The summed E-state index contributed by atoms with van der Waals surface area (Å²) in [5.41, 5.74) is -0.285. The molecule has 11 heteroatoms. The van der Waals surface area contributed by atoms with Crippen molar-refractivity contribution >= 4 is 38.0 Å². The molecule has 2 aromatic rings. The van der Waals surface area contributed by atoms with E-state index in [9.17, 15) is 18.5 Å². The summed E-state index contributed by atoms with van der Waals surface area (Å²) in [4.78, 5) is 16.4. The van der Waals surface area contributed by atoms with Gasteiger partial charge in [-0.15, -0.1) is 0 Å². The highest BCUT2D eigenvalue weighted by atomic mass is 32.2. The van der Waals surface area contributed by atoms with E-state index in [1.165, 1.54) is 19.4 Å². The Kier molecular flexibility index (Phi) is 3.40. The average molecular weight is 303 g/mol. The molecule has 0 unspecified atom stereocenters. The third kappa shape index (κ3) is 2.66. The largest absolute Gasteiger partial charge is 0.374 e. The normalized spacial score (nSPS) is 11.2. The summed E-state index contributed by atoms with van der Waals surface area (Å²) in [5, 5.41) is 13.5. The smallest absolute Gasteiger partial charge is 0.304 e. The molecular formula is C8H9N5O4S2. The highest BCUT2D eigenvalue weighted by molar-refractivity contribution is 7.94. The second-order valence-corrected chi connectivity index (χ2v) is 6.29. The molecule has 0 spiro atoms. The van der Waals surface area contributed by atoms with Gasteiger partial charge < -0.3 is 10.3 Å². The Bertz CT molecular complexity index is 691. The Labute approximate surface area is 111 Å². The summed E-state index contributed by atoms with van der Waals surface area (Å²) in [6, 6.07) is 1.00. The van der Waals surface area contributed by atoms with Crippen LogP contribution in [0.25, 0.3) is 0 Å². The van der Waals surface area contributed by atoms with Crippen LogP contribution in [0.4, 0.5) is 16.6 Å². The van der Waals surface area contributed by atoms with Crippen LogP contribution in [-0.4, -0.2) is 30.4 Å². The van der Waals surface area contributed by atoms with Crippen LogP contribution >= 0.6 is 11.3 Å². The van der Waals surface area contributed by atoms with Gasteiger partial charge in [-0.2, -0.15) is 0 Å². The molecule has 9 nitrogen and oxygen atoms in total. The van der Waals surface area contributed by atoms with Crippen molar-refractivity contribution in [3.8, 4) is 0 Å². The van der Waals surface area contributed by atoms with Crippen LogP contribution in [0.1, 0.15) is 0 Å². The number of nitrogens with one attached hydrogen (secondary N) is 3. The van der Waals surface area contributed by atoms with Gasteiger partial charge in [-0.25, -0.2) is 18.1 Å². The van der Waals surface area contributed by atoms with Crippen molar-refractivity contribution in [2.75, 3.05) is 17.1 Å². The molecule has 2 aromatic heterocycles. The molecular weight excluding hydrogens is 294 g/mol. The van der Waals surface area contributed by atoms with E-state index < -0.39 is 14.9 Å². The highest BCUT2D eigenvalue weighted by Crippen LogP contribution is 2.36. The van der Waals surface area contributed by atoms with Gasteiger partial charge in [0.2, 0.25) is 5.95 Å². The van der Waals surface area contributed by atoms with Gasteiger partial charge >= 0.3 is 5.69 Å². The van der Waals surface area contributed by atoms with Crippen molar-refractivity contribution in [2.45, 2.75) is 4.21 Å². The van der Waals surface area contributed by atoms with Gasteiger partial charge in [0.25, 0.3) is 10.0 Å². The summed E-state index contributed by atoms with van der Waals surface area (Å²) in [7, 11) is -2.42. The maximum Gasteiger partial charge on any atom is 0.304 e. The topological polar surface area (TPSA) is 130 Å². The number of hydrogen-bond acceptors (Lipinski definition) is 7. The van der Waals surface area contributed by atoms with E-state index in [0.717, 1.165) is 17.4 Å². The fourth-order valence-electron chi connectivity index (χ4n) is 1.31. The molecule has 0 atom stereocenters. The predicted molar refractivity (Wildman–Crippen MR) is 69.9 cm³/mol. The van der Waals surface area contributed by atoms with Crippen LogP contribution in [0.3, 0.4) is 0 Å². The number of sulfonamides is 1. The third-order valence-electron chi connectivity index (χ3n) is 2.11. The van der Waals surface area contributed by atoms with E-state index in [0.29, 0.717) is 0 Å². The summed E-state index contributed by atoms with van der Waals surface area (Å²) >= 11 is 0.772. The minimum absolute atomic E-state index is 0.0436. The molecule has 3 N–H and O–H groups in total. The van der Waals surface area contributed by atoms with Crippen LogP contribution in [0.2, 0.25) is 0 Å². The molecule has 0 aliphatic carbocycles. The van der Waals surface area contributed by atoms with E-state index in [2.05, 4.69) is 20.0 Å². The lowest BCUT2D eigenvalue weighted by Crippen LogP contribution is -2.12. The van der Waals surface area contributed by atoms with E-state index >= 15 is 0 Å². The molecule has 0 aliphatic rings. The predicted octanol–water partition coefficient (Wildman–Crippen LogP) is 1.22. The van der Waals surface area contributed by atoms with Crippen LogP contribution in [0, 0.1) is 10.1 Å². The van der Waals surface area contributed by atoms with Crippen LogP contribution in [-0.2, 0) is 10.0 Å². The lowest BCUT2D eigenvalue weighted by molar-refractivity contribution is -0.383. The molecule has 2 heterocycles. The van der Waals surface area contributed by atoms with Crippen molar-refractivity contribution in [3.63, 3.8) is 0 Å². The first-order chi connectivity index (χ1) is 8.94. The van der Waals surface area contributed by atoms with E-state index in [1.807, 2.05) is 0 Å². The number of H-pyrrole nitrogens is 1. The molecule has 0 radical (unpaired) electrons. The SMILES string of the molecule is CNc1sc(S(=O)(=O)Nc2ncc[nH]2)cc1[N+](=O)[O-]. The first-order valence-corrected chi connectivity index (χ1v) is 7.22. The third-order valence-corrected chi connectivity index (χ3v) is 5.06. The zero-order valence-corrected chi connectivity index (χ0v) is 11.2. The first kappa shape index (κ1) is 13.3. The summed E-state index contributed by atoms with van der Waals surface area (Å²) in [6.07, 6.45) is 2.83. The molecule has 19 heavy (non-hydrogen) atoms. The monoisotopic (exact) mass is 303 g/mol. The molecule has 102 valence electrons. The van der Waals surface area contributed by atoms with Gasteiger partial charge in [0.05, 0.1) is 4.92 Å². The van der Waals surface area contributed by atoms with Gasteiger partial charge in [0.1, 0.15) is 4.21 Å². The summed E-state index contributed by atoms with van der Waals surface area (Å²) in [6.45, 7) is 0. The molecule has 0 fully saturated rings. The summed E-state index contributed by atoms with van der Waals surface area (Å²) in [5.74, 6) is 0.0436. The van der Waals surface area contributed by atoms with Crippen molar-refractivity contribution in [1.82, 2.24) is 9.97 Å². The van der Waals surface area contributed by atoms with Crippen LogP contribution in [0.15, 0.2) is 22.7 Å². The maximum absolute atomic E-state index is 12.0. The molecule has 0 saturated carbocycles. The number of hydrogen-bond donors (Lipinski definition) is 3. The van der Waals surface area contributed by atoms with E-state index in [-0.39, 0.29) is 20.8 Å². The Morgan fingerprint density at radius 3 is 2.74 bits per heavy atom. The lowest BCUT2D eigenvalue weighted by atomic mass is 10.5. The summed E-state index contributed by atoms with van der Waals surface area (Å²) < 4.78 is 26.0. The number of anilines is 2. The van der Waals surface area contributed by atoms with Gasteiger partial charge in [0, 0.05) is 25.5 Å². The maximum atomic E-state index is 12.0.